The minimum Gasteiger partial charge on any atom is -0.165 e. The zero-order valence-corrected chi connectivity index (χ0v) is 11.6. The first-order chi connectivity index (χ1) is 10.1. The Morgan fingerprint density at radius 2 is 1.76 bits per heavy atom. The molecule has 0 saturated carbocycles. The normalized spacial score (nSPS) is 11.1. The SMILES string of the molecule is FC(F)(F)/C(C#Cc1ccsc1)=C/C#Cc1ccccc1. The lowest BCUT2D eigenvalue weighted by Gasteiger charge is -2.02. The highest BCUT2D eigenvalue weighted by molar-refractivity contribution is 7.08. The van der Waals surface area contributed by atoms with Crippen LogP contribution in [0.15, 0.2) is 58.8 Å². The molecule has 0 atom stereocenters. The van der Waals surface area contributed by atoms with Gasteiger partial charge in [0, 0.05) is 22.6 Å². The molecule has 0 N–H and O–H groups in total. The zero-order chi connectivity index (χ0) is 15.1. The first kappa shape index (κ1) is 15.0. The van der Waals surface area contributed by atoms with Crippen molar-refractivity contribution in [3.63, 3.8) is 0 Å². The van der Waals surface area contributed by atoms with E-state index < -0.39 is 11.7 Å². The maximum atomic E-state index is 12.8. The number of allylic oxidation sites excluding steroid dienone is 2. The van der Waals surface area contributed by atoms with Crippen LogP contribution in [0, 0.1) is 23.7 Å². The van der Waals surface area contributed by atoms with E-state index in [1.807, 2.05) is 6.07 Å². The molecule has 0 bridgehead atoms. The van der Waals surface area contributed by atoms with E-state index in [0.29, 0.717) is 11.1 Å². The number of rotatable bonds is 0. The molecule has 0 aliphatic rings. The van der Waals surface area contributed by atoms with Crippen molar-refractivity contribution < 1.29 is 13.2 Å². The second-order valence-electron chi connectivity index (χ2n) is 3.95. The predicted octanol–water partition coefficient (Wildman–Crippen LogP) is 4.64. The molecule has 0 nitrogen and oxygen atoms in total. The maximum Gasteiger partial charge on any atom is 0.424 e. The molecule has 2 aromatic rings. The molecule has 0 unspecified atom stereocenters. The summed E-state index contributed by atoms with van der Waals surface area (Å²) in [4.78, 5) is 0. The molecule has 0 saturated heterocycles. The van der Waals surface area contributed by atoms with E-state index in [4.69, 9.17) is 0 Å². The van der Waals surface area contributed by atoms with Crippen LogP contribution in [0.5, 0.6) is 0 Å². The molecule has 0 amide bonds. The van der Waals surface area contributed by atoms with Crippen molar-refractivity contribution in [1.82, 2.24) is 0 Å². The summed E-state index contributed by atoms with van der Waals surface area (Å²) in [6.07, 6.45) is -3.69. The van der Waals surface area contributed by atoms with Crippen LogP contribution in [0.2, 0.25) is 0 Å². The Kier molecular flexibility index (Phi) is 4.87. The minimum atomic E-state index is -4.51. The van der Waals surface area contributed by atoms with Gasteiger partial charge in [0.25, 0.3) is 0 Å². The summed E-state index contributed by atoms with van der Waals surface area (Å²) in [5.41, 5.74) is 0.268. The summed E-state index contributed by atoms with van der Waals surface area (Å²) >= 11 is 1.38. The van der Waals surface area contributed by atoms with Crippen LogP contribution in [0.1, 0.15) is 11.1 Å². The number of hydrogen-bond donors (Lipinski definition) is 0. The van der Waals surface area contributed by atoms with Crippen molar-refractivity contribution >= 4 is 11.3 Å². The number of alkyl halides is 3. The summed E-state index contributed by atoms with van der Waals surface area (Å²) in [6, 6.07) is 10.5. The molecule has 0 spiro atoms. The van der Waals surface area contributed by atoms with E-state index >= 15 is 0 Å². The lowest BCUT2D eigenvalue weighted by molar-refractivity contribution is -0.0871. The van der Waals surface area contributed by atoms with Gasteiger partial charge in [-0.25, -0.2) is 0 Å². The van der Waals surface area contributed by atoms with E-state index in [9.17, 15) is 13.2 Å². The first-order valence-corrected chi connectivity index (χ1v) is 6.88. The Labute approximate surface area is 124 Å². The molecule has 0 aliphatic heterocycles. The third-order valence-corrected chi connectivity index (χ3v) is 3.06. The largest absolute Gasteiger partial charge is 0.424 e. The van der Waals surface area contributed by atoms with Crippen LogP contribution in [-0.4, -0.2) is 6.18 Å². The summed E-state index contributed by atoms with van der Waals surface area (Å²) in [6.45, 7) is 0. The van der Waals surface area contributed by atoms with Gasteiger partial charge < -0.3 is 0 Å². The Bertz CT molecular complexity index is 731. The summed E-state index contributed by atoms with van der Waals surface area (Å²) in [5.74, 6) is 9.68. The van der Waals surface area contributed by atoms with Gasteiger partial charge in [0.15, 0.2) is 0 Å². The molecule has 4 heteroatoms. The van der Waals surface area contributed by atoms with E-state index in [1.165, 1.54) is 11.3 Å². The van der Waals surface area contributed by atoms with Gasteiger partial charge in [-0.2, -0.15) is 24.5 Å². The van der Waals surface area contributed by atoms with Crippen molar-refractivity contribution in [2.75, 3.05) is 0 Å². The van der Waals surface area contributed by atoms with Crippen molar-refractivity contribution in [3.05, 3.63) is 69.9 Å². The van der Waals surface area contributed by atoms with Crippen LogP contribution in [0.25, 0.3) is 0 Å². The summed E-state index contributed by atoms with van der Waals surface area (Å²) < 4.78 is 38.5. The quantitative estimate of drug-likeness (QED) is 0.622. The minimum absolute atomic E-state index is 0.561. The van der Waals surface area contributed by atoms with Gasteiger partial charge in [0.05, 0.1) is 0 Å². The molecular weight excluding hydrogens is 293 g/mol. The number of thiophene rings is 1. The smallest absolute Gasteiger partial charge is 0.165 e. The average molecular weight is 302 g/mol. The van der Waals surface area contributed by atoms with E-state index in [1.54, 1.807) is 41.1 Å². The maximum absolute atomic E-state index is 12.8. The lowest BCUT2D eigenvalue weighted by atomic mass is 10.2. The number of benzene rings is 1. The molecule has 21 heavy (non-hydrogen) atoms. The van der Waals surface area contributed by atoms with Gasteiger partial charge in [0.1, 0.15) is 5.57 Å². The molecular formula is C17H9F3S. The molecule has 2 rings (SSSR count). The fraction of sp³-hybridized carbons (Fsp3) is 0.0588. The van der Waals surface area contributed by atoms with Crippen LogP contribution in [0.3, 0.4) is 0 Å². The topological polar surface area (TPSA) is 0 Å². The lowest BCUT2D eigenvalue weighted by Crippen LogP contribution is -2.10. The van der Waals surface area contributed by atoms with Gasteiger partial charge in [0.2, 0.25) is 0 Å². The molecule has 1 aromatic heterocycles. The van der Waals surface area contributed by atoms with Crippen molar-refractivity contribution in [2.24, 2.45) is 0 Å². The third kappa shape index (κ3) is 4.87. The average Bonchev–Trinajstić information content (AvgIpc) is 2.95. The summed E-state index contributed by atoms with van der Waals surface area (Å²) in [7, 11) is 0. The second-order valence-corrected chi connectivity index (χ2v) is 4.73. The third-order valence-electron chi connectivity index (χ3n) is 2.37. The van der Waals surface area contributed by atoms with Gasteiger partial charge in [-0.05, 0) is 23.6 Å². The number of halogens is 3. The molecule has 0 fully saturated rings. The molecule has 1 heterocycles. The summed E-state index contributed by atoms with van der Waals surface area (Å²) in [5, 5.41) is 3.45. The molecule has 0 radical (unpaired) electrons. The monoisotopic (exact) mass is 302 g/mol. The van der Waals surface area contributed by atoms with E-state index in [2.05, 4.69) is 23.7 Å². The van der Waals surface area contributed by atoms with Crippen LogP contribution in [-0.2, 0) is 0 Å². The van der Waals surface area contributed by atoms with Gasteiger partial charge >= 0.3 is 6.18 Å². The Hall–Kier alpha value is -2.43. The van der Waals surface area contributed by atoms with E-state index in [-0.39, 0.29) is 0 Å². The Balaban J connectivity index is 2.25. The predicted molar refractivity (Wildman–Crippen MR) is 78.7 cm³/mol. The first-order valence-electron chi connectivity index (χ1n) is 5.94. The fourth-order valence-electron chi connectivity index (χ4n) is 1.38. The standard InChI is InChI=1S/C17H9F3S/c18-17(19,20)16(10-9-15-11-12-21-13-15)8-4-7-14-5-2-1-3-6-14/h1-3,5-6,8,11-13H/b16-8+. The van der Waals surface area contributed by atoms with Gasteiger partial charge in [-0.1, -0.05) is 41.9 Å². The van der Waals surface area contributed by atoms with Gasteiger partial charge in [-0.3, -0.25) is 0 Å². The Morgan fingerprint density at radius 3 is 2.38 bits per heavy atom. The second kappa shape index (κ2) is 6.83. The van der Waals surface area contributed by atoms with Crippen LogP contribution < -0.4 is 0 Å². The molecule has 104 valence electrons. The van der Waals surface area contributed by atoms with E-state index in [0.717, 1.165) is 6.08 Å². The van der Waals surface area contributed by atoms with Crippen molar-refractivity contribution in [1.29, 1.82) is 0 Å². The molecule has 0 aliphatic carbocycles. The van der Waals surface area contributed by atoms with Crippen molar-refractivity contribution in [3.8, 4) is 23.7 Å². The van der Waals surface area contributed by atoms with Crippen molar-refractivity contribution in [2.45, 2.75) is 6.18 Å². The highest BCUT2D eigenvalue weighted by atomic mass is 32.1. The number of hydrogen-bond acceptors (Lipinski definition) is 1. The molecule has 1 aromatic carbocycles. The van der Waals surface area contributed by atoms with Crippen LogP contribution in [0.4, 0.5) is 13.2 Å². The highest BCUT2D eigenvalue weighted by Crippen LogP contribution is 2.24. The van der Waals surface area contributed by atoms with Gasteiger partial charge in [-0.15, -0.1) is 0 Å². The van der Waals surface area contributed by atoms with Crippen LogP contribution >= 0.6 is 11.3 Å². The Morgan fingerprint density at radius 1 is 1.00 bits per heavy atom. The zero-order valence-electron chi connectivity index (χ0n) is 10.7. The highest BCUT2D eigenvalue weighted by Gasteiger charge is 2.32. The fourth-order valence-corrected chi connectivity index (χ4v) is 1.96.